The first-order valence-electron chi connectivity index (χ1n) is 5.05. The number of halogens is 5. The molecule has 0 heterocycles. The number of carbonyl (C=O) groups is 1. The average Bonchev–Trinajstić information content (AvgIpc) is 2.37. The molecular weight excluding hydrogens is 321 g/mol. The van der Waals surface area contributed by atoms with Crippen molar-refractivity contribution in [3.05, 3.63) is 23.3 Å². The Balaban J connectivity index is 3.54. The van der Waals surface area contributed by atoms with Crippen LogP contribution in [0.5, 0.6) is 5.75 Å². The minimum Gasteiger partial charge on any atom is -0.465 e. The van der Waals surface area contributed by atoms with Gasteiger partial charge in [-0.1, -0.05) is 0 Å². The Hall–Kier alpha value is -2.02. The second kappa shape index (κ2) is 6.62. The van der Waals surface area contributed by atoms with E-state index in [0.29, 0.717) is 0 Å². The van der Waals surface area contributed by atoms with Crippen LogP contribution in [0.25, 0.3) is 0 Å². The van der Waals surface area contributed by atoms with Crippen molar-refractivity contribution in [2.75, 3.05) is 7.11 Å². The van der Waals surface area contributed by atoms with Gasteiger partial charge in [0.25, 0.3) is 0 Å². The fraction of sp³-hybridized carbons (Fsp3) is 0.273. The quantitative estimate of drug-likeness (QED) is 0.481. The number of nitriles is 1. The van der Waals surface area contributed by atoms with Crippen molar-refractivity contribution in [3.63, 3.8) is 0 Å². The molecular formula is C11H6F5NO3S. The van der Waals surface area contributed by atoms with E-state index >= 15 is 0 Å². The Morgan fingerprint density at radius 2 is 2.00 bits per heavy atom. The first kappa shape index (κ1) is 17.0. The summed E-state index contributed by atoms with van der Waals surface area (Å²) in [4.78, 5) is 10.5. The molecule has 0 N–H and O–H groups in total. The Kier molecular flexibility index (Phi) is 5.37. The molecule has 0 aromatic heterocycles. The SMILES string of the molecule is COC(=O)c1ccc(C#N)c(OC(F)F)c1SC(F)(F)F. The molecule has 1 aromatic carbocycles. The van der Waals surface area contributed by atoms with Gasteiger partial charge >= 0.3 is 18.1 Å². The highest BCUT2D eigenvalue weighted by atomic mass is 32.2. The number of nitrogens with zero attached hydrogens (tertiary/aromatic N) is 1. The highest BCUT2D eigenvalue weighted by molar-refractivity contribution is 8.00. The number of ether oxygens (including phenoxy) is 2. The predicted octanol–water partition coefficient (Wildman–Crippen LogP) is 3.56. The summed E-state index contributed by atoms with van der Waals surface area (Å²) in [6, 6.07) is 3.19. The molecule has 114 valence electrons. The second-order valence-corrected chi connectivity index (χ2v) is 4.42. The van der Waals surface area contributed by atoms with Crippen LogP contribution in [0, 0.1) is 11.3 Å². The zero-order valence-electron chi connectivity index (χ0n) is 10.2. The average molecular weight is 327 g/mol. The molecule has 0 spiro atoms. The summed E-state index contributed by atoms with van der Waals surface area (Å²) < 4.78 is 70.5. The number of hydrogen-bond donors (Lipinski definition) is 0. The van der Waals surface area contributed by atoms with Gasteiger partial charge in [-0.15, -0.1) is 0 Å². The third-order valence-corrected chi connectivity index (χ3v) is 2.90. The number of carbonyl (C=O) groups excluding carboxylic acids is 1. The summed E-state index contributed by atoms with van der Waals surface area (Å²) in [5.41, 5.74) is -6.07. The number of thioether (sulfide) groups is 1. The van der Waals surface area contributed by atoms with Crippen molar-refractivity contribution in [1.82, 2.24) is 0 Å². The predicted molar refractivity (Wildman–Crippen MR) is 61.0 cm³/mol. The van der Waals surface area contributed by atoms with Crippen molar-refractivity contribution in [2.24, 2.45) is 0 Å². The summed E-state index contributed by atoms with van der Waals surface area (Å²) in [5, 5.41) is 8.76. The lowest BCUT2D eigenvalue weighted by Gasteiger charge is -2.16. The van der Waals surface area contributed by atoms with E-state index in [1.807, 2.05) is 0 Å². The van der Waals surface area contributed by atoms with Crippen LogP contribution in [-0.4, -0.2) is 25.2 Å². The molecule has 0 bridgehead atoms. The molecule has 0 saturated heterocycles. The molecule has 0 atom stereocenters. The fourth-order valence-corrected chi connectivity index (χ4v) is 2.09. The van der Waals surface area contributed by atoms with E-state index in [4.69, 9.17) is 5.26 Å². The summed E-state index contributed by atoms with van der Waals surface area (Å²) >= 11 is -0.841. The van der Waals surface area contributed by atoms with E-state index in [-0.39, 0.29) is 0 Å². The van der Waals surface area contributed by atoms with E-state index in [1.54, 1.807) is 0 Å². The first-order valence-corrected chi connectivity index (χ1v) is 5.87. The molecule has 0 unspecified atom stereocenters. The van der Waals surface area contributed by atoms with Crippen molar-refractivity contribution >= 4 is 17.7 Å². The lowest BCUT2D eigenvalue weighted by Crippen LogP contribution is -2.12. The molecule has 4 nitrogen and oxygen atoms in total. The van der Waals surface area contributed by atoms with E-state index in [2.05, 4.69) is 9.47 Å². The summed E-state index contributed by atoms with van der Waals surface area (Å²) in [7, 11) is 0.913. The second-order valence-electron chi connectivity index (χ2n) is 3.35. The van der Waals surface area contributed by atoms with Crippen molar-refractivity contribution in [2.45, 2.75) is 17.0 Å². The van der Waals surface area contributed by atoms with Crippen molar-refractivity contribution in [1.29, 1.82) is 5.26 Å². The minimum atomic E-state index is -4.88. The Morgan fingerprint density at radius 3 is 2.43 bits per heavy atom. The number of hydrogen-bond acceptors (Lipinski definition) is 5. The molecule has 10 heteroatoms. The molecule has 0 aliphatic carbocycles. The fourth-order valence-electron chi connectivity index (χ4n) is 1.34. The van der Waals surface area contributed by atoms with Crippen LogP contribution in [0.15, 0.2) is 17.0 Å². The van der Waals surface area contributed by atoms with Gasteiger partial charge in [0.1, 0.15) is 6.07 Å². The maximum Gasteiger partial charge on any atom is 0.446 e. The van der Waals surface area contributed by atoms with Crippen LogP contribution in [-0.2, 0) is 4.74 Å². The maximum atomic E-state index is 12.5. The molecule has 0 amide bonds. The molecule has 21 heavy (non-hydrogen) atoms. The highest BCUT2D eigenvalue weighted by Gasteiger charge is 2.35. The van der Waals surface area contributed by atoms with Gasteiger partial charge in [-0.3, -0.25) is 0 Å². The van der Waals surface area contributed by atoms with Crippen LogP contribution in [0.4, 0.5) is 22.0 Å². The van der Waals surface area contributed by atoms with E-state index < -0.39 is 51.6 Å². The van der Waals surface area contributed by atoms with Gasteiger partial charge in [-0.2, -0.15) is 27.2 Å². The highest BCUT2D eigenvalue weighted by Crippen LogP contribution is 2.45. The monoisotopic (exact) mass is 327 g/mol. The Bertz CT molecular complexity index is 582. The van der Waals surface area contributed by atoms with E-state index in [1.165, 1.54) is 6.07 Å². The van der Waals surface area contributed by atoms with Crippen LogP contribution < -0.4 is 4.74 Å². The third-order valence-electron chi connectivity index (χ3n) is 2.06. The number of methoxy groups -OCH3 is 1. The molecule has 0 fully saturated rings. The van der Waals surface area contributed by atoms with Crippen molar-refractivity contribution in [3.8, 4) is 11.8 Å². The minimum absolute atomic E-state index is 0.560. The largest absolute Gasteiger partial charge is 0.465 e. The summed E-state index contributed by atoms with van der Waals surface area (Å²) in [5.74, 6) is -2.19. The Labute approximate surface area is 119 Å². The molecule has 0 aliphatic rings. The van der Waals surface area contributed by atoms with Gasteiger partial charge in [0, 0.05) is 0 Å². The van der Waals surface area contributed by atoms with Gasteiger partial charge in [-0.25, -0.2) is 4.79 Å². The van der Waals surface area contributed by atoms with Gasteiger partial charge in [-0.05, 0) is 23.9 Å². The van der Waals surface area contributed by atoms with Gasteiger partial charge in [0.15, 0.2) is 5.75 Å². The van der Waals surface area contributed by atoms with Crippen LogP contribution in [0.2, 0.25) is 0 Å². The van der Waals surface area contributed by atoms with Gasteiger partial charge < -0.3 is 9.47 Å². The lowest BCUT2D eigenvalue weighted by molar-refractivity contribution is -0.0531. The van der Waals surface area contributed by atoms with Gasteiger partial charge in [0.2, 0.25) is 0 Å². The Morgan fingerprint density at radius 1 is 1.38 bits per heavy atom. The zero-order valence-corrected chi connectivity index (χ0v) is 11.0. The molecule has 0 aliphatic heterocycles. The molecule has 1 aromatic rings. The number of benzene rings is 1. The van der Waals surface area contributed by atoms with E-state index in [9.17, 15) is 26.7 Å². The molecule has 0 radical (unpaired) electrons. The topological polar surface area (TPSA) is 59.3 Å². The van der Waals surface area contributed by atoms with Gasteiger partial charge in [0.05, 0.1) is 23.1 Å². The number of alkyl halides is 5. The van der Waals surface area contributed by atoms with Crippen molar-refractivity contribution < 1.29 is 36.2 Å². The normalized spacial score (nSPS) is 11.1. The third kappa shape index (κ3) is 4.49. The summed E-state index contributed by atoms with van der Waals surface area (Å²) in [6.07, 6.45) is 0. The maximum absolute atomic E-state index is 12.5. The van der Waals surface area contributed by atoms with Crippen LogP contribution in [0.1, 0.15) is 15.9 Å². The van der Waals surface area contributed by atoms with Crippen LogP contribution in [0.3, 0.4) is 0 Å². The molecule has 0 saturated carbocycles. The number of esters is 1. The lowest BCUT2D eigenvalue weighted by atomic mass is 10.1. The van der Waals surface area contributed by atoms with E-state index in [0.717, 1.165) is 19.2 Å². The smallest absolute Gasteiger partial charge is 0.446 e. The standard InChI is InChI=1S/C11H6F5NO3S/c1-19-9(18)6-3-2-5(4-17)7(20-10(12)13)8(6)21-11(14,15)16/h2-3,10H,1H3. The number of rotatable bonds is 4. The summed E-state index contributed by atoms with van der Waals surface area (Å²) in [6.45, 7) is -3.46. The van der Waals surface area contributed by atoms with Crippen LogP contribution >= 0.6 is 11.8 Å². The zero-order chi connectivity index (χ0) is 16.2. The first-order chi connectivity index (χ1) is 9.69. The molecule has 1 rings (SSSR count).